The zero-order valence-corrected chi connectivity index (χ0v) is 26.5. The summed E-state index contributed by atoms with van der Waals surface area (Å²) in [6.07, 6.45) is 1.98. The summed E-state index contributed by atoms with van der Waals surface area (Å²) in [5.74, 6) is -1.22. The van der Waals surface area contributed by atoms with Gasteiger partial charge in [-0.1, -0.05) is 43.3 Å². The van der Waals surface area contributed by atoms with Crippen LogP contribution in [0.1, 0.15) is 81.1 Å². The average molecular weight is 624 g/mol. The topological polar surface area (TPSA) is 138 Å². The summed E-state index contributed by atoms with van der Waals surface area (Å²) in [6.45, 7) is 9.01. The number of carbonyl (C=O) groups is 3. The van der Waals surface area contributed by atoms with Gasteiger partial charge in [0.15, 0.2) is 0 Å². The van der Waals surface area contributed by atoms with E-state index < -0.39 is 18.1 Å². The maximum atomic E-state index is 13.9. The van der Waals surface area contributed by atoms with Crippen molar-refractivity contribution in [1.82, 2.24) is 25.3 Å². The Morgan fingerprint density at radius 2 is 1.86 bits per heavy atom. The predicted molar refractivity (Wildman–Crippen MR) is 165 cm³/mol. The van der Waals surface area contributed by atoms with Gasteiger partial charge in [-0.15, -0.1) is 11.3 Å². The molecule has 2 N–H and O–H groups in total. The first kappa shape index (κ1) is 31.6. The van der Waals surface area contributed by atoms with E-state index in [0.717, 1.165) is 41.0 Å². The van der Waals surface area contributed by atoms with Gasteiger partial charge in [0.25, 0.3) is 0 Å². The second kappa shape index (κ2) is 13.9. The molecule has 3 aromatic rings. The third-order valence-corrected chi connectivity index (χ3v) is 9.39. The molecule has 0 saturated carbocycles. The Hall–Kier alpha value is -3.77. The molecule has 236 valence electrons. The molecule has 4 atom stereocenters. The smallest absolute Gasteiger partial charge is 0.410 e. The molecule has 2 saturated heterocycles. The van der Waals surface area contributed by atoms with E-state index in [1.165, 1.54) is 4.90 Å². The van der Waals surface area contributed by atoms with Crippen molar-refractivity contribution in [2.45, 2.75) is 84.1 Å². The number of nitrogens with zero attached hydrogens (tertiary/aromatic N) is 4. The molecule has 44 heavy (non-hydrogen) atoms. The van der Waals surface area contributed by atoms with E-state index in [9.17, 15) is 19.5 Å². The summed E-state index contributed by atoms with van der Waals surface area (Å²) in [6, 6.07) is 8.49. The monoisotopic (exact) mass is 623 g/mol. The zero-order valence-electron chi connectivity index (χ0n) is 25.7. The molecule has 11 nitrogen and oxygen atoms in total. The normalized spacial score (nSPS) is 20.0. The van der Waals surface area contributed by atoms with Gasteiger partial charge in [-0.05, 0) is 50.2 Å². The number of likely N-dealkylation sites (tertiary alicyclic amines) is 2. The highest BCUT2D eigenvalue weighted by molar-refractivity contribution is 7.13. The molecule has 2 aromatic heterocycles. The summed E-state index contributed by atoms with van der Waals surface area (Å²) >= 11 is 1.59. The van der Waals surface area contributed by atoms with Crippen LogP contribution in [0.2, 0.25) is 0 Å². The van der Waals surface area contributed by atoms with Gasteiger partial charge < -0.3 is 29.5 Å². The van der Waals surface area contributed by atoms with Gasteiger partial charge in [0, 0.05) is 32.1 Å². The molecule has 0 aliphatic carbocycles. The Morgan fingerprint density at radius 1 is 1.14 bits per heavy atom. The van der Waals surface area contributed by atoms with E-state index in [0.29, 0.717) is 24.5 Å². The number of hydrogen-bond acceptors (Lipinski definition) is 9. The Morgan fingerprint density at radius 3 is 2.52 bits per heavy atom. The lowest BCUT2D eigenvalue weighted by Gasteiger charge is -2.29. The fourth-order valence-corrected chi connectivity index (χ4v) is 6.77. The van der Waals surface area contributed by atoms with Crippen molar-refractivity contribution in [3.05, 3.63) is 58.6 Å². The molecule has 2 aliphatic heterocycles. The van der Waals surface area contributed by atoms with Crippen molar-refractivity contribution in [2.75, 3.05) is 19.6 Å². The van der Waals surface area contributed by atoms with Crippen molar-refractivity contribution >= 4 is 29.2 Å². The number of aliphatic hydroxyl groups excluding tert-OH is 1. The number of carbonyl (C=O) groups excluding carboxylic acids is 3. The van der Waals surface area contributed by atoms with Crippen LogP contribution in [-0.2, 0) is 20.9 Å². The Kier molecular flexibility index (Phi) is 10.00. The molecule has 0 bridgehead atoms. The summed E-state index contributed by atoms with van der Waals surface area (Å²) in [4.78, 5) is 48.4. The van der Waals surface area contributed by atoms with Crippen molar-refractivity contribution in [2.24, 2.45) is 5.92 Å². The van der Waals surface area contributed by atoms with E-state index in [2.05, 4.69) is 15.5 Å². The zero-order chi connectivity index (χ0) is 31.4. The third kappa shape index (κ3) is 7.13. The Bertz CT molecular complexity index is 1450. The maximum absolute atomic E-state index is 13.9. The number of β-amino-alcohol motifs (C(OH)–C–C–N with tert-alkyl or cyclic N) is 1. The van der Waals surface area contributed by atoms with Gasteiger partial charge in [0.2, 0.25) is 11.8 Å². The molecule has 0 radical (unpaired) electrons. The summed E-state index contributed by atoms with van der Waals surface area (Å²) < 4.78 is 11.0. The van der Waals surface area contributed by atoms with E-state index in [4.69, 9.17) is 9.26 Å². The molecular formula is C32H41N5O6S. The van der Waals surface area contributed by atoms with Crippen molar-refractivity contribution in [3.8, 4) is 10.4 Å². The largest absolute Gasteiger partial charge is 0.443 e. The first-order valence-corrected chi connectivity index (χ1v) is 16.2. The number of hydrogen-bond donors (Lipinski definition) is 2. The molecule has 5 rings (SSSR count). The lowest BCUT2D eigenvalue weighted by Crippen LogP contribution is -2.48. The van der Waals surface area contributed by atoms with Gasteiger partial charge in [0.1, 0.15) is 30.0 Å². The van der Waals surface area contributed by atoms with Crippen LogP contribution in [0.25, 0.3) is 10.4 Å². The average Bonchev–Trinajstić information content (AvgIpc) is 3.76. The molecule has 2 fully saturated rings. The van der Waals surface area contributed by atoms with Gasteiger partial charge in [-0.25, -0.2) is 9.78 Å². The van der Waals surface area contributed by atoms with Gasteiger partial charge in [-0.2, -0.15) is 0 Å². The van der Waals surface area contributed by atoms with Crippen LogP contribution in [0.3, 0.4) is 0 Å². The van der Waals surface area contributed by atoms with E-state index in [1.54, 1.807) is 22.3 Å². The second-order valence-corrected chi connectivity index (χ2v) is 12.9. The van der Waals surface area contributed by atoms with Gasteiger partial charge in [0.05, 0.1) is 28.2 Å². The second-order valence-electron chi connectivity index (χ2n) is 12.1. The fraction of sp³-hybridized carbons (Fsp3) is 0.531. The number of piperidine rings is 1. The fourth-order valence-electron chi connectivity index (χ4n) is 5.96. The molecule has 4 heterocycles. The van der Waals surface area contributed by atoms with Gasteiger partial charge in [-0.3, -0.25) is 9.59 Å². The lowest BCUT2D eigenvalue weighted by molar-refractivity contribution is -0.141. The highest BCUT2D eigenvalue weighted by atomic mass is 32.1. The summed E-state index contributed by atoms with van der Waals surface area (Å²) in [7, 11) is 0. The van der Waals surface area contributed by atoms with E-state index >= 15 is 0 Å². The Balaban J connectivity index is 1.23. The first-order chi connectivity index (χ1) is 21.1. The van der Waals surface area contributed by atoms with Crippen molar-refractivity contribution in [3.63, 3.8) is 0 Å². The number of amides is 3. The van der Waals surface area contributed by atoms with Crippen molar-refractivity contribution in [1.29, 1.82) is 0 Å². The number of aliphatic hydroxyl groups is 1. The summed E-state index contributed by atoms with van der Waals surface area (Å²) in [5.41, 5.74) is 5.20. The molecule has 1 unspecified atom stereocenters. The van der Waals surface area contributed by atoms with Crippen LogP contribution in [0.5, 0.6) is 0 Å². The number of aryl methyl sites for hydroxylation is 1. The van der Waals surface area contributed by atoms with E-state index in [1.807, 2.05) is 57.5 Å². The minimum absolute atomic E-state index is 0.0475. The highest BCUT2D eigenvalue weighted by Gasteiger charge is 2.43. The molecule has 12 heteroatoms. The van der Waals surface area contributed by atoms with Crippen molar-refractivity contribution < 1.29 is 28.8 Å². The van der Waals surface area contributed by atoms with E-state index in [-0.39, 0.29) is 49.4 Å². The van der Waals surface area contributed by atoms with Crippen LogP contribution >= 0.6 is 11.3 Å². The SMILES string of the molecule is Cc1ncsc1-c1ccc([C@H](C)NC(=O)[C@@H]2C[C@@H](O)CN2C(=O)C(c2cc(COC(=O)N3CCCCC3)no2)C(C)C)cc1. The number of rotatable bonds is 9. The number of thiazole rings is 1. The maximum Gasteiger partial charge on any atom is 0.410 e. The summed E-state index contributed by atoms with van der Waals surface area (Å²) in [5, 5.41) is 17.6. The van der Waals surface area contributed by atoms with Gasteiger partial charge >= 0.3 is 6.09 Å². The van der Waals surface area contributed by atoms with Crippen LogP contribution in [-0.4, -0.2) is 74.7 Å². The molecular weight excluding hydrogens is 582 g/mol. The number of benzene rings is 1. The minimum atomic E-state index is -0.826. The first-order valence-electron chi connectivity index (χ1n) is 15.3. The number of aromatic nitrogens is 2. The highest BCUT2D eigenvalue weighted by Crippen LogP contribution is 2.32. The van der Waals surface area contributed by atoms with Crippen LogP contribution in [0.15, 0.2) is 40.4 Å². The standard InChI is InChI=1S/C32H41N5O6S/c1-19(2)28(27-14-24(35-43-27)17-42-32(41)36-12-6-5-7-13-36)31(40)37-16-25(38)15-26(37)30(39)34-20(3)22-8-10-23(11-9-22)29-21(4)33-18-44-29/h8-11,14,18-20,25-26,28,38H,5-7,12-13,15-17H2,1-4H3,(H,34,39)/t20-,25+,26-,28?/m0/s1. The molecule has 3 amide bonds. The number of nitrogens with one attached hydrogen (secondary N) is 1. The molecule has 0 spiro atoms. The molecule has 2 aliphatic rings. The Labute approximate surface area is 261 Å². The lowest BCUT2D eigenvalue weighted by atomic mass is 9.91. The predicted octanol–water partition coefficient (Wildman–Crippen LogP) is 4.81. The minimum Gasteiger partial charge on any atom is -0.443 e. The van der Waals surface area contributed by atoms with Crippen LogP contribution in [0.4, 0.5) is 4.79 Å². The van der Waals surface area contributed by atoms with Crippen LogP contribution < -0.4 is 5.32 Å². The molecule has 1 aromatic carbocycles. The van der Waals surface area contributed by atoms with Crippen LogP contribution in [0, 0.1) is 12.8 Å². The third-order valence-electron chi connectivity index (χ3n) is 8.42. The quantitative estimate of drug-likeness (QED) is 0.347. The number of ether oxygens (including phenoxy) is 1.